The van der Waals surface area contributed by atoms with E-state index in [1.165, 1.54) is 0 Å². The molecule has 1 heterocycles. The number of nitrogens with zero attached hydrogens (tertiary/aromatic N) is 1. The van der Waals surface area contributed by atoms with Gasteiger partial charge in [-0.05, 0) is 13.5 Å². The van der Waals surface area contributed by atoms with Crippen molar-refractivity contribution in [3.05, 3.63) is 12.7 Å². The van der Waals surface area contributed by atoms with Gasteiger partial charge in [-0.2, -0.15) is 0 Å². The molecule has 82 valence electrons. The van der Waals surface area contributed by atoms with Crippen LogP contribution < -0.4 is 0 Å². The SMILES string of the molecule is C=CCCB1OC(=O)CN(C)CC(=O)O1. The summed E-state index contributed by atoms with van der Waals surface area (Å²) in [5, 5.41) is 0. The van der Waals surface area contributed by atoms with E-state index in [-0.39, 0.29) is 25.0 Å². The Kier molecular flexibility index (Phi) is 4.36. The minimum absolute atomic E-state index is 0.111. The molecule has 5 nitrogen and oxygen atoms in total. The van der Waals surface area contributed by atoms with E-state index >= 15 is 0 Å². The number of hydrogen-bond acceptors (Lipinski definition) is 5. The average molecular weight is 211 g/mol. The molecule has 1 saturated heterocycles. The van der Waals surface area contributed by atoms with E-state index in [1.54, 1.807) is 18.0 Å². The van der Waals surface area contributed by atoms with Crippen molar-refractivity contribution >= 4 is 19.1 Å². The average Bonchev–Trinajstić information content (AvgIpc) is 2.11. The lowest BCUT2D eigenvalue weighted by Gasteiger charge is -2.22. The normalized spacial score (nSPS) is 18.9. The molecule has 0 spiro atoms. The second kappa shape index (κ2) is 5.55. The lowest BCUT2D eigenvalue weighted by molar-refractivity contribution is -0.145. The third kappa shape index (κ3) is 4.16. The first-order chi connectivity index (χ1) is 7.11. The molecule has 0 amide bonds. The smallest absolute Gasteiger partial charge is 0.498 e. The van der Waals surface area contributed by atoms with Crippen molar-refractivity contribution in [1.29, 1.82) is 0 Å². The summed E-state index contributed by atoms with van der Waals surface area (Å²) in [6.07, 6.45) is 2.79. The number of carbonyl (C=O) groups is 2. The Balaban J connectivity index is 2.53. The minimum Gasteiger partial charge on any atom is -0.498 e. The second-order valence-electron chi connectivity index (χ2n) is 3.45. The highest BCUT2D eigenvalue weighted by molar-refractivity contribution is 6.49. The van der Waals surface area contributed by atoms with Crippen molar-refractivity contribution in [2.45, 2.75) is 12.7 Å². The number of rotatable bonds is 3. The largest absolute Gasteiger partial charge is 0.598 e. The standard InChI is InChI=1S/C9H14BNO4/c1-3-4-5-10-14-8(12)6-11(2)7-9(13)15-10/h3H,1,4-7H2,2H3. The van der Waals surface area contributed by atoms with Gasteiger partial charge >= 0.3 is 19.1 Å². The van der Waals surface area contributed by atoms with Gasteiger partial charge in [0.1, 0.15) is 0 Å². The summed E-state index contributed by atoms with van der Waals surface area (Å²) in [6, 6.07) is 0. The summed E-state index contributed by atoms with van der Waals surface area (Å²) in [5.74, 6) is -0.752. The highest BCUT2D eigenvalue weighted by atomic mass is 16.6. The molecule has 1 aliphatic heterocycles. The van der Waals surface area contributed by atoms with E-state index < -0.39 is 7.12 Å². The molecular weight excluding hydrogens is 197 g/mol. The van der Waals surface area contributed by atoms with Crippen LogP contribution >= 0.6 is 0 Å². The summed E-state index contributed by atoms with van der Waals surface area (Å²) >= 11 is 0. The van der Waals surface area contributed by atoms with Gasteiger partial charge in [0.15, 0.2) is 0 Å². The van der Waals surface area contributed by atoms with Crippen LogP contribution in [-0.2, 0) is 18.9 Å². The molecule has 0 saturated carbocycles. The maximum absolute atomic E-state index is 11.2. The molecule has 0 bridgehead atoms. The highest BCUT2D eigenvalue weighted by Gasteiger charge is 2.30. The minimum atomic E-state index is -0.767. The molecule has 1 fully saturated rings. The van der Waals surface area contributed by atoms with E-state index in [0.717, 1.165) is 0 Å². The van der Waals surface area contributed by atoms with Gasteiger partial charge in [-0.25, -0.2) is 0 Å². The van der Waals surface area contributed by atoms with Gasteiger partial charge in [0.2, 0.25) is 0 Å². The van der Waals surface area contributed by atoms with Crippen molar-refractivity contribution in [1.82, 2.24) is 4.90 Å². The number of hydrogen-bond donors (Lipinski definition) is 0. The van der Waals surface area contributed by atoms with Crippen LogP contribution in [0.3, 0.4) is 0 Å². The van der Waals surface area contributed by atoms with Gasteiger partial charge in [0, 0.05) is 6.32 Å². The van der Waals surface area contributed by atoms with Crippen LogP contribution in [0.1, 0.15) is 6.42 Å². The fraction of sp³-hybridized carbons (Fsp3) is 0.556. The Hall–Kier alpha value is -1.30. The van der Waals surface area contributed by atoms with E-state index in [2.05, 4.69) is 6.58 Å². The molecule has 0 radical (unpaired) electrons. The van der Waals surface area contributed by atoms with Gasteiger partial charge in [-0.1, -0.05) is 6.08 Å². The van der Waals surface area contributed by atoms with Crippen LogP contribution in [0.15, 0.2) is 12.7 Å². The fourth-order valence-electron chi connectivity index (χ4n) is 1.26. The second-order valence-corrected chi connectivity index (χ2v) is 3.45. The molecule has 0 N–H and O–H groups in total. The lowest BCUT2D eigenvalue weighted by Crippen LogP contribution is -2.42. The van der Waals surface area contributed by atoms with Gasteiger partial charge in [-0.3, -0.25) is 14.5 Å². The predicted molar refractivity (Wildman–Crippen MR) is 55.1 cm³/mol. The van der Waals surface area contributed by atoms with Gasteiger partial charge < -0.3 is 9.31 Å². The van der Waals surface area contributed by atoms with Gasteiger partial charge in [-0.15, -0.1) is 6.58 Å². The quantitative estimate of drug-likeness (QED) is 0.488. The zero-order valence-electron chi connectivity index (χ0n) is 8.77. The summed E-state index contributed by atoms with van der Waals surface area (Å²) < 4.78 is 9.93. The Morgan fingerprint density at radius 3 is 2.40 bits per heavy atom. The van der Waals surface area contributed by atoms with E-state index in [1.807, 2.05) is 0 Å². The molecule has 1 aliphatic rings. The van der Waals surface area contributed by atoms with Crippen molar-refractivity contribution in [3.63, 3.8) is 0 Å². The summed E-state index contributed by atoms with van der Waals surface area (Å²) in [5.41, 5.74) is 0. The maximum atomic E-state index is 11.2. The van der Waals surface area contributed by atoms with Gasteiger partial charge in [0.05, 0.1) is 13.1 Å². The van der Waals surface area contributed by atoms with E-state index in [4.69, 9.17) is 9.31 Å². The lowest BCUT2D eigenvalue weighted by atomic mass is 9.82. The third-order valence-corrected chi connectivity index (χ3v) is 1.93. The molecule has 0 aromatic heterocycles. The van der Waals surface area contributed by atoms with Crippen LogP contribution in [0.5, 0.6) is 0 Å². The Labute approximate surface area is 89.2 Å². The summed E-state index contributed by atoms with van der Waals surface area (Å²) in [7, 11) is 0.892. The first-order valence-corrected chi connectivity index (χ1v) is 4.80. The van der Waals surface area contributed by atoms with Crippen LogP contribution in [0, 0.1) is 0 Å². The molecule has 0 aromatic carbocycles. The molecule has 0 unspecified atom stereocenters. The molecule has 0 aromatic rings. The van der Waals surface area contributed by atoms with Crippen molar-refractivity contribution in [3.8, 4) is 0 Å². The third-order valence-electron chi connectivity index (χ3n) is 1.93. The zero-order valence-corrected chi connectivity index (χ0v) is 8.77. The summed E-state index contributed by atoms with van der Waals surface area (Å²) in [6.45, 7) is 3.77. The first kappa shape index (κ1) is 11.8. The van der Waals surface area contributed by atoms with E-state index in [9.17, 15) is 9.59 Å². The monoisotopic (exact) mass is 211 g/mol. The maximum Gasteiger partial charge on any atom is 0.598 e. The Morgan fingerprint density at radius 1 is 1.40 bits per heavy atom. The van der Waals surface area contributed by atoms with Crippen molar-refractivity contribution < 1.29 is 18.9 Å². The zero-order chi connectivity index (χ0) is 11.3. The van der Waals surface area contributed by atoms with Crippen molar-refractivity contribution in [2.24, 2.45) is 0 Å². The molecular formula is C9H14BNO4. The highest BCUT2D eigenvalue weighted by Crippen LogP contribution is 2.06. The predicted octanol–water partition coefficient (Wildman–Crippen LogP) is 0.0825. The molecule has 15 heavy (non-hydrogen) atoms. The van der Waals surface area contributed by atoms with Crippen LogP contribution in [0.4, 0.5) is 0 Å². The molecule has 0 atom stereocenters. The summed E-state index contributed by atoms with van der Waals surface area (Å²) in [4.78, 5) is 24.0. The fourth-order valence-corrected chi connectivity index (χ4v) is 1.26. The van der Waals surface area contributed by atoms with Crippen LogP contribution in [0.2, 0.25) is 6.32 Å². The number of allylic oxidation sites excluding steroid dienone is 1. The molecule has 6 heteroatoms. The first-order valence-electron chi connectivity index (χ1n) is 4.80. The number of carbonyl (C=O) groups excluding carboxylic acids is 2. The molecule has 0 aliphatic carbocycles. The van der Waals surface area contributed by atoms with Crippen molar-refractivity contribution in [2.75, 3.05) is 20.1 Å². The van der Waals surface area contributed by atoms with Gasteiger partial charge in [0.25, 0.3) is 0 Å². The molecule has 1 rings (SSSR count). The number of likely N-dealkylation sites (N-methyl/N-ethyl adjacent to an activating group) is 1. The Bertz CT molecular complexity index is 249. The van der Waals surface area contributed by atoms with Crippen LogP contribution in [0.25, 0.3) is 0 Å². The Morgan fingerprint density at radius 2 is 1.93 bits per heavy atom. The van der Waals surface area contributed by atoms with E-state index in [0.29, 0.717) is 12.7 Å². The topological polar surface area (TPSA) is 55.8 Å². The van der Waals surface area contributed by atoms with Crippen LogP contribution in [-0.4, -0.2) is 44.1 Å².